The van der Waals surface area contributed by atoms with Crippen LogP contribution in [-0.4, -0.2) is 42.5 Å². The summed E-state index contributed by atoms with van der Waals surface area (Å²) in [5.74, 6) is -0.251. The molecule has 0 aliphatic carbocycles. The van der Waals surface area contributed by atoms with Crippen LogP contribution in [0.5, 0.6) is 0 Å². The fraction of sp³-hybridized carbons (Fsp3) is 0.311. The number of pyridine rings is 6. The van der Waals surface area contributed by atoms with Gasteiger partial charge in [0, 0.05) is 49.5 Å². The third-order valence-electron chi connectivity index (χ3n) is 8.98. The highest BCUT2D eigenvalue weighted by molar-refractivity contribution is 5.70. The smallest absolute Gasteiger partial charge is 0.305 e. The molecule has 6 rings (SSSR count). The molecule has 53 heavy (non-hydrogen) atoms. The molecule has 0 amide bonds. The van der Waals surface area contributed by atoms with Crippen molar-refractivity contribution in [1.82, 2.24) is 29.9 Å². The van der Waals surface area contributed by atoms with Crippen LogP contribution in [0.25, 0.3) is 34.2 Å². The molecule has 8 heteroatoms. The Morgan fingerprint density at radius 3 is 1.75 bits per heavy atom. The van der Waals surface area contributed by atoms with Crippen molar-refractivity contribution in [1.29, 1.82) is 0 Å². The molecule has 6 aromatic rings. The van der Waals surface area contributed by atoms with E-state index < -0.39 is 0 Å². The van der Waals surface area contributed by atoms with Gasteiger partial charge in [-0.2, -0.15) is 0 Å². The minimum Gasteiger partial charge on any atom is -0.466 e. The van der Waals surface area contributed by atoms with Crippen LogP contribution in [0.3, 0.4) is 0 Å². The first-order valence-corrected chi connectivity index (χ1v) is 18.9. The van der Waals surface area contributed by atoms with E-state index in [0.717, 1.165) is 63.7 Å². The van der Waals surface area contributed by atoms with Crippen molar-refractivity contribution in [2.45, 2.75) is 84.0 Å². The number of nitrogens with zero attached hydrogens (tertiary/aromatic N) is 6. The Labute approximate surface area is 314 Å². The maximum atomic E-state index is 12.8. The first kappa shape index (κ1) is 38.6. The standard InChI is InChI=1S/C35H42N4O2.C10H8N2/c1-3-4-5-6-7-8-9-12-24-41-34(40)17-16-29(30-14-13-21-39-35(30)31-15-10-11-20-36-31)28-19-23-38-33(26-28)32-25-27(2)18-22-37-32;1-3-7-11-9(5-1)10-6-2-4-8-12-10/h10-11,13-15,18-23,25-26,29H,3-9,12,16-17,24H2,1-2H3;1-8H. The van der Waals surface area contributed by atoms with E-state index in [9.17, 15) is 4.79 Å². The second-order valence-corrected chi connectivity index (χ2v) is 13.1. The van der Waals surface area contributed by atoms with Crippen LogP contribution in [0.2, 0.25) is 0 Å². The molecule has 0 aliphatic rings. The topological polar surface area (TPSA) is 104 Å². The third-order valence-corrected chi connectivity index (χ3v) is 8.98. The molecule has 0 bridgehead atoms. The summed E-state index contributed by atoms with van der Waals surface area (Å²) in [4.78, 5) is 39.6. The van der Waals surface area contributed by atoms with Crippen molar-refractivity contribution in [3.8, 4) is 34.2 Å². The number of unbranched alkanes of at least 4 members (excludes halogenated alkanes) is 7. The summed E-state index contributed by atoms with van der Waals surface area (Å²) in [6.45, 7) is 4.78. The van der Waals surface area contributed by atoms with Gasteiger partial charge in [-0.25, -0.2) is 0 Å². The fourth-order valence-corrected chi connectivity index (χ4v) is 6.18. The molecule has 0 aliphatic heterocycles. The van der Waals surface area contributed by atoms with Crippen molar-refractivity contribution in [2.24, 2.45) is 0 Å². The predicted octanol–water partition coefficient (Wildman–Crippen LogP) is 10.6. The molecular weight excluding hydrogens is 657 g/mol. The van der Waals surface area contributed by atoms with Crippen LogP contribution in [0.1, 0.15) is 93.7 Å². The van der Waals surface area contributed by atoms with E-state index in [1.165, 1.54) is 38.5 Å². The van der Waals surface area contributed by atoms with Gasteiger partial charge in [0.2, 0.25) is 0 Å². The zero-order valence-corrected chi connectivity index (χ0v) is 31.0. The zero-order valence-electron chi connectivity index (χ0n) is 31.0. The van der Waals surface area contributed by atoms with Crippen molar-refractivity contribution >= 4 is 5.97 Å². The number of ether oxygens (including phenoxy) is 1. The molecule has 1 atom stereocenters. The van der Waals surface area contributed by atoms with Crippen molar-refractivity contribution in [2.75, 3.05) is 6.61 Å². The summed E-state index contributed by atoms with van der Waals surface area (Å²) in [6, 6.07) is 29.6. The molecule has 8 nitrogen and oxygen atoms in total. The highest BCUT2D eigenvalue weighted by atomic mass is 16.5. The van der Waals surface area contributed by atoms with E-state index in [0.29, 0.717) is 19.4 Å². The SMILES string of the molecule is CCCCCCCCCCOC(=O)CCC(c1ccnc(-c2cc(C)ccn2)c1)c1cccnc1-c1ccccn1.c1ccc(-c2ccccn2)nc1. The summed E-state index contributed by atoms with van der Waals surface area (Å²) in [5, 5.41) is 0. The Bertz CT molecular complexity index is 1900. The molecular formula is C45H50N6O2. The van der Waals surface area contributed by atoms with Gasteiger partial charge in [0.1, 0.15) is 0 Å². The lowest BCUT2D eigenvalue weighted by Gasteiger charge is -2.21. The molecule has 0 fully saturated rings. The van der Waals surface area contributed by atoms with E-state index in [2.05, 4.69) is 44.0 Å². The predicted molar refractivity (Wildman–Crippen MR) is 212 cm³/mol. The van der Waals surface area contributed by atoms with Gasteiger partial charge in [-0.05, 0) is 103 Å². The lowest BCUT2D eigenvalue weighted by Crippen LogP contribution is -2.11. The van der Waals surface area contributed by atoms with E-state index in [-0.39, 0.29) is 11.9 Å². The van der Waals surface area contributed by atoms with E-state index in [4.69, 9.17) is 9.72 Å². The lowest BCUT2D eigenvalue weighted by atomic mass is 9.85. The van der Waals surface area contributed by atoms with Gasteiger partial charge in [-0.1, -0.05) is 76.1 Å². The number of rotatable bonds is 17. The Balaban J connectivity index is 0.000000378. The minimum absolute atomic E-state index is 0.0945. The summed E-state index contributed by atoms with van der Waals surface area (Å²) < 4.78 is 5.64. The molecule has 0 aromatic carbocycles. The third kappa shape index (κ3) is 12.5. The number of hydrogen-bond donors (Lipinski definition) is 0. The second kappa shape index (κ2) is 21.7. The Morgan fingerprint density at radius 2 is 1.13 bits per heavy atom. The minimum atomic E-state index is -0.157. The van der Waals surface area contributed by atoms with Gasteiger partial charge in [-0.15, -0.1) is 0 Å². The van der Waals surface area contributed by atoms with Crippen molar-refractivity contribution < 1.29 is 9.53 Å². The molecule has 272 valence electrons. The van der Waals surface area contributed by atoms with Gasteiger partial charge in [0.25, 0.3) is 0 Å². The number of esters is 1. The van der Waals surface area contributed by atoms with Crippen molar-refractivity contribution in [3.63, 3.8) is 0 Å². The Hall–Kier alpha value is -5.63. The van der Waals surface area contributed by atoms with Gasteiger partial charge < -0.3 is 4.74 Å². The van der Waals surface area contributed by atoms with Crippen LogP contribution in [0.15, 0.2) is 128 Å². The van der Waals surface area contributed by atoms with Gasteiger partial charge in [0.15, 0.2) is 0 Å². The maximum Gasteiger partial charge on any atom is 0.305 e. The van der Waals surface area contributed by atoms with E-state index >= 15 is 0 Å². The Kier molecular flexibility index (Phi) is 15.8. The first-order valence-electron chi connectivity index (χ1n) is 18.9. The van der Waals surface area contributed by atoms with Crippen LogP contribution in [0, 0.1) is 6.92 Å². The van der Waals surface area contributed by atoms with Crippen molar-refractivity contribution in [3.05, 3.63) is 145 Å². The van der Waals surface area contributed by atoms with Crippen LogP contribution >= 0.6 is 0 Å². The number of carbonyl (C=O) groups is 1. The van der Waals surface area contributed by atoms with Gasteiger partial charge >= 0.3 is 5.97 Å². The van der Waals surface area contributed by atoms with Gasteiger partial charge in [-0.3, -0.25) is 34.7 Å². The highest BCUT2D eigenvalue weighted by Crippen LogP contribution is 2.35. The molecule has 0 saturated carbocycles. The maximum absolute atomic E-state index is 12.8. The number of aryl methyl sites for hydroxylation is 1. The number of aromatic nitrogens is 6. The zero-order chi connectivity index (χ0) is 36.9. The average Bonchev–Trinajstić information content (AvgIpc) is 3.22. The molecule has 0 N–H and O–H groups in total. The van der Waals surface area contributed by atoms with Gasteiger partial charge in [0.05, 0.1) is 40.8 Å². The monoisotopic (exact) mass is 706 g/mol. The van der Waals surface area contributed by atoms with Crippen LogP contribution in [0.4, 0.5) is 0 Å². The van der Waals surface area contributed by atoms with Crippen LogP contribution in [-0.2, 0) is 9.53 Å². The molecule has 1 unspecified atom stereocenters. The van der Waals surface area contributed by atoms with Crippen LogP contribution < -0.4 is 0 Å². The number of hydrogen-bond acceptors (Lipinski definition) is 8. The summed E-state index contributed by atoms with van der Waals surface area (Å²) >= 11 is 0. The van der Waals surface area contributed by atoms with E-state index in [1.54, 1.807) is 31.0 Å². The molecule has 0 radical (unpaired) electrons. The van der Waals surface area contributed by atoms with E-state index in [1.807, 2.05) is 92.0 Å². The summed E-state index contributed by atoms with van der Waals surface area (Å²) in [6.07, 6.45) is 21.4. The summed E-state index contributed by atoms with van der Waals surface area (Å²) in [5.41, 5.74) is 8.29. The molecule has 0 saturated heterocycles. The molecule has 6 heterocycles. The molecule has 6 aromatic heterocycles. The Morgan fingerprint density at radius 1 is 0.566 bits per heavy atom. The highest BCUT2D eigenvalue weighted by Gasteiger charge is 2.22. The average molecular weight is 707 g/mol. The lowest BCUT2D eigenvalue weighted by molar-refractivity contribution is -0.143. The normalized spacial score (nSPS) is 11.3. The first-order chi connectivity index (χ1) is 26.1. The largest absolute Gasteiger partial charge is 0.466 e. The second-order valence-electron chi connectivity index (χ2n) is 13.1. The fourth-order valence-electron chi connectivity index (χ4n) is 6.18. The molecule has 0 spiro atoms. The summed E-state index contributed by atoms with van der Waals surface area (Å²) in [7, 11) is 0. The quantitative estimate of drug-likeness (QED) is 0.0682. The number of carbonyl (C=O) groups excluding carboxylic acids is 1.